The molecule has 1 aromatic heterocycles. The van der Waals surface area contributed by atoms with E-state index in [-0.39, 0.29) is 37.0 Å². The number of aryl methyl sites for hydroxylation is 1. The van der Waals surface area contributed by atoms with Crippen molar-refractivity contribution in [2.75, 3.05) is 11.9 Å². The quantitative estimate of drug-likeness (QED) is 0.578. The Bertz CT molecular complexity index is 994. The molecule has 0 saturated heterocycles. The second-order valence-electron chi connectivity index (χ2n) is 6.58. The Morgan fingerprint density at radius 3 is 2.34 bits per heavy atom. The van der Waals surface area contributed by atoms with E-state index in [4.69, 9.17) is 0 Å². The number of rotatable bonds is 8. The van der Waals surface area contributed by atoms with Crippen molar-refractivity contribution in [1.82, 2.24) is 14.9 Å². The Kier molecular flexibility index (Phi) is 6.52. The highest BCUT2D eigenvalue weighted by Crippen LogP contribution is 2.13. The third-order valence-corrected chi connectivity index (χ3v) is 4.34. The molecule has 148 valence electrons. The smallest absolute Gasteiger partial charge is 0.228 e. The molecule has 0 aliphatic rings. The van der Waals surface area contributed by atoms with E-state index in [9.17, 15) is 14.4 Å². The number of aromatic nitrogens is 2. The third-order valence-electron chi connectivity index (χ3n) is 4.34. The highest BCUT2D eigenvalue weighted by molar-refractivity contribution is 6.07. The first-order chi connectivity index (χ1) is 14.0. The molecule has 2 amide bonds. The van der Waals surface area contributed by atoms with Gasteiger partial charge >= 0.3 is 0 Å². The fourth-order valence-electron chi connectivity index (χ4n) is 2.80. The molecule has 2 aromatic carbocycles. The first-order valence-corrected chi connectivity index (χ1v) is 9.25. The van der Waals surface area contributed by atoms with E-state index in [1.54, 1.807) is 48.3 Å². The average molecular weight is 390 g/mol. The monoisotopic (exact) mass is 390 g/mol. The van der Waals surface area contributed by atoms with Crippen LogP contribution in [0.1, 0.15) is 28.2 Å². The second-order valence-corrected chi connectivity index (χ2v) is 6.58. The Hall–Kier alpha value is -3.74. The van der Waals surface area contributed by atoms with Gasteiger partial charge in [0.05, 0.1) is 6.42 Å². The minimum absolute atomic E-state index is 0.124. The summed E-state index contributed by atoms with van der Waals surface area (Å²) < 4.78 is 1.66. The zero-order valence-electron chi connectivity index (χ0n) is 16.1. The number of anilines is 1. The largest absolute Gasteiger partial charge is 0.355 e. The lowest BCUT2D eigenvalue weighted by atomic mass is 10.1. The van der Waals surface area contributed by atoms with Gasteiger partial charge in [-0.3, -0.25) is 14.4 Å². The first-order valence-electron chi connectivity index (χ1n) is 9.25. The molecule has 7 heteroatoms. The Morgan fingerprint density at radius 2 is 1.69 bits per heavy atom. The van der Waals surface area contributed by atoms with E-state index in [0.29, 0.717) is 17.1 Å². The average Bonchev–Trinajstić information content (AvgIpc) is 3.14. The minimum Gasteiger partial charge on any atom is -0.355 e. The van der Waals surface area contributed by atoms with E-state index >= 15 is 0 Å². The molecule has 0 radical (unpaired) electrons. The van der Waals surface area contributed by atoms with Crippen LogP contribution in [0.15, 0.2) is 67.0 Å². The van der Waals surface area contributed by atoms with Gasteiger partial charge in [-0.1, -0.05) is 30.3 Å². The molecule has 0 saturated carbocycles. The molecule has 0 atom stereocenters. The number of nitrogens with zero attached hydrogens (tertiary/aromatic N) is 2. The van der Waals surface area contributed by atoms with Gasteiger partial charge in [-0.15, -0.1) is 0 Å². The van der Waals surface area contributed by atoms with Crippen molar-refractivity contribution in [3.63, 3.8) is 0 Å². The number of hydrogen-bond acceptors (Lipinski definition) is 4. The molecule has 0 spiro atoms. The summed E-state index contributed by atoms with van der Waals surface area (Å²) in [5, 5.41) is 5.49. The van der Waals surface area contributed by atoms with Gasteiger partial charge in [0.15, 0.2) is 5.82 Å². The molecule has 3 rings (SSSR count). The molecule has 29 heavy (non-hydrogen) atoms. The first kappa shape index (κ1) is 20.0. The van der Waals surface area contributed by atoms with Crippen LogP contribution in [0.25, 0.3) is 0 Å². The van der Waals surface area contributed by atoms with E-state index in [1.165, 1.54) is 0 Å². The number of carbonyl (C=O) groups excluding carboxylic acids is 3. The lowest BCUT2D eigenvalue weighted by Gasteiger charge is -2.08. The molecule has 2 N–H and O–H groups in total. The lowest BCUT2D eigenvalue weighted by molar-refractivity contribution is -0.120. The number of imidazole rings is 1. The molecule has 0 aliphatic carbocycles. The summed E-state index contributed by atoms with van der Waals surface area (Å²) in [5.41, 5.74) is 2.00. The van der Waals surface area contributed by atoms with Gasteiger partial charge in [-0.2, -0.15) is 0 Å². The van der Waals surface area contributed by atoms with E-state index in [2.05, 4.69) is 15.6 Å². The zero-order chi connectivity index (χ0) is 20.6. The van der Waals surface area contributed by atoms with Crippen molar-refractivity contribution in [2.45, 2.75) is 12.8 Å². The Morgan fingerprint density at radius 1 is 0.966 bits per heavy atom. The van der Waals surface area contributed by atoms with Crippen LogP contribution >= 0.6 is 0 Å². The summed E-state index contributed by atoms with van der Waals surface area (Å²) in [6.07, 6.45) is 3.73. The van der Waals surface area contributed by atoms with Crippen LogP contribution in [0, 0.1) is 0 Å². The maximum atomic E-state index is 12.4. The summed E-state index contributed by atoms with van der Waals surface area (Å²) in [7, 11) is 1.76. The topological polar surface area (TPSA) is 93.1 Å². The van der Waals surface area contributed by atoms with Crippen LogP contribution in [0.5, 0.6) is 0 Å². The van der Waals surface area contributed by atoms with Crippen LogP contribution in [-0.4, -0.2) is 33.7 Å². The lowest BCUT2D eigenvalue weighted by Crippen LogP contribution is -2.28. The third kappa shape index (κ3) is 5.62. The van der Waals surface area contributed by atoms with Gasteiger partial charge in [0.25, 0.3) is 0 Å². The minimum atomic E-state index is -0.215. The summed E-state index contributed by atoms with van der Waals surface area (Å²) in [5.74, 6) is -0.168. The Labute approximate surface area is 168 Å². The van der Waals surface area contributed by atoms with Gasteiger partial charge in [0.2, 0.25) is 17.6 Å². The molecule has 0 fully saturated rings. The summed E-state index contributed by atoms with van der Waals surface area (Å²) in [6, 6.07) is 16.1. The summed E-state index contributed by atoms with van der Waals surface area (Å²) in [4.78, 5) is 40.4. The van der Waals surface area contributed by atoms with Crippen molar-refractivity contribution in [2.24, 2.45) is 7.05 Å². The predicted octanol–water partition coefficient (Wildman–Crippen LogP) is 2.34. The van der Waals surface area contributed by atoms with Crippen molar-refractivity contribution in [3.05, 3.63) is 83.9 Å². The molecule has 3 aromatic rings. The van der Waals surface area contributed by atoms with Crippen molar-refractivity contribution >= 4 is 23.3 Å². The van der Waals surface area contributed by atoms with E-state index in [1.807, 2.05) is 30.3 Å². The van der Waals surface area contributed by atoms with E-state index < -0.39 is 0 Å². The van der Waals surface area contributed by atoms with Crippen LogP contribution < -0.4 is 10.6 Å². The maximum absolute atomic E-state index is 12.4. The molecule has 1 heterocycles. The van der Waals surface area contributed by atoms with Crippen molar-refractivity contribution < 1.29 is 14.4 Å². The van der Waals surface area contributed by atoms with Gasteiger partial charge in [0, 0.05) is 43.7 Å². The number of amides is 2. The van der Waals surface area contributed by atoms with E-state index in [0.717, 1.165) is 5.56 Å². The highest BCUT2D eigenvalue weighted by atomic mass is 16.2. The Balaban J connectivity index is 1.44. The number of carbonyl (C=O) groups is 3. The van der Waals surface area contributed by atoms with Gasteiger partial charge in [0.1, 0.15) is 0 Å². The SMILES string of the molecule is Cn1ccnc1C(=O)c1ccc(NC(=O)CCNC(=O)Cc2ccccc2)cc1. The zero-order valence-corrected chi connectivity index (χ0v) is 16.1. The predicted molar refractivity (Wildman–Crippen MR) is 109 cm³/mol. The van der Waals surface area contributed by atoms with Gasteiger partial charge in [-0.25, -0.2) is 4.98 Å². The molecule has 0 aliphatic heterocycles. The van der Waals surface area contributed by atoms with Crippen LogP contribution in [0.4, 0.5) is 5.69 Å². The van der Waals surface area contributed by atoms with Crippen molar-refractivity contribution in [1.29, 1.82) is 0 Å². The number of ketones is 1. The number of hydrogen-bond donors (Lipinski definition) is 2. The summed E-state index contributed by atoms with van der Waals surface area (Å²) >= 11 is 0. The normalized spacial score (nSPS) is 10.4. The van der Waals surface area contributed by atoms with Crippen LogP contribution in [-0.2, 0) is 23.1 Å². The molecular formula is C22H22N4O3. The number of nitrogens with one attached hydrogen (secondary N) is 2. The van der Waals surface area contributed by atoms with Crippen LogP contribution in [0.2, 0.25) is 0 Å². The van der Waals surface area contributed by atoms with Crippen molar-refractivity contribution in [3.8, 4) is 0 Å². The molecule has 0 unspecified atom stereocenters. The summed E-state index contributed by atoms with van der Waals surface area (Å²) in [6.45, 7) is 0.257. The fraction of sp³-hybridized carbons (Fsp3) is 0.182. The standard InChI is InChI=1S/C22H22N4O3/c1-26-14-13-24-22(26)21(29)17-7-9-18(10-8-17)25-19(27)11-12-23-20(28)15-16-5-3-2-4-6-16/h2-10,13-14H,11-12,15H2,1H3,(H,23,28)(H,25,27). The van der Waals surface area contributed by atoms with Crippen LogP contribution in [0.3, 0.4) is 0 Å². The fourth-order valence-corrected chi connectivity index (χ4v) is 2.80. The molecule has 0 bridgehead atoms. The molecule has 7 nitrogen and oxygen atoms in total. The second kappa shape index (κ2) is 9.45. The van der Waals surface area contributed by atoms with Gasteiger partial charge in [-0.05, 0) is 29.8 Å². The number of benzene rings is 2. The maximum Gasteiger partial charge on any atom is 0.228 e. The molecular weight excluding hydrogens is 368 g/mol. The highest BCUT2D eigenvalue weighted by Gasteiger charge is 2.13. The van der Waals surface area contributed by atoms with Gasteiger partial charge < -0.3 is 15.2 Å².